The number of methoxy groups -OCH3 is 1. The lowest BCUT2D eigenvalue weighted by Crippen LogP contribution is -2.01. The molecule has 1 aromatic carbocycles. The smallest absolute Gasteiger partial charge is 0.225 e. The molecule has 0 aliphatic carbocycles. The molecular weight excluding hydrogens is 240 g/mol. The lowest BCUT2D eigenvalue weighted by Gasteiger charge is -2.09. The Hall–Kier alpha value is -2.30. The van der Waals surface area contributed by atoms with Gasteiger partial charge in [0.25, 0.3) is 0 Å². The Balaban J connectivity index is 2.18. The first-order chi connectivity index (χ1) is 9.08. The quantitative estimate of drug-likeness (QED) is 0.882. The van der Waals surface area contributed by atoms with Crippen LogP contribution in [0.5, 0.6) is 5.88 Å². The summed E-state index contributed by atoms with van der Waals surface area (Å²) in [6.07, 6.45) is 0. The van der Waals surface area contributed by atoms with E-state index in [1.165, 1.54) is 5.56 Å². The molecule has 1 heterocycles. The number of nitrogens with two attached hydrogens (primary N) is 1. The van der Waals surface area contributed by atoms with Gasteiger partial charge >= 0.3 is 0 Å². The van der Waals surface area contributed by atoms with Crippen molar-refractivity contribution in [1.29, 1.82) is 0 Å². The molecule has 2 rings (SSSR count). The number of anilines is 3. The molecule has 100 valence electrons. The molecule has 5 heteroatoms. The van der Waals surface area contributed by atoms with Crippen LogP contribution in [-0.4, -0.2) is 17.1 Å². The molecule has 19 heavy (non-hydrogen) atoms. The molecule has 0 saturated heterocycles. The second kappa shape index (κ2) is 5.56. The average Bonchev–Trinajstić information content (AvgIpc) is 2.38. The van der Waals surface area contributed by atoms with Gasteiger partial charge in [-0.3, -0.25) is 0 Å². The minimum atomic E-state index is 0.181. The summed E-state index contributed by atoms with van der Waals surface area (Å²) in [7, 11) is 1.54. The Labute approximate surface area is 112 Å². The predicted molar refractivity (Wildman–Crippen MR) is 76.8 cm³/mol. The standard InChI is InChI=1S/C14H18N4O/c1-9(2)10-4-6-11(7-5-10)16-12-8-13(19-3)18-14(15)17-12/h4-9H,1-3H3,(H3,15,16,17,18). The zero-order chi connectivity index (χ0) is 13.8. The number of aromatic nitrogens is 2. The summed E-state index contributed by atoms with van der Waals surface area (Å²) in [6, 6.07) is 9.91. The average molecular weight is 258 g/mol. The summed E-state index contributed by atoms with van der Waals surface area (Å²) in [5, 5.41) is 3.17. The normalized spacial score (nSPS) is 10.5. The minimum absolute atomic E-state index is 0.181. The largest absolute Gasteiger partial charge is 0.481 e. The molecule has 1 aromatic heterocycles. The summed E-state index contributed by atoms with van der Waals surface area (Å²) in [6.45, 7) is 4.33. The summed E-state index contributed by atoms with van der Waals surface area (Å²) < 4.78 is 5.05. The first-order valence-corrected chi connectivity index (χ1v) is 6.14. The highest BCUT2D eigenvalue weighted by atomic mass is 16.5. The Morgan fingerprint density at radius 1 is 1.16 bits per heavy atom. The molecule has 0 saturated carbocycles. The van der Waals surface area contributed by atoms with Crippen LogP contribution < -0.4 is 15.8 Å². The molecule has 0 atom stereocenters. The molecule has 0 spiro atoms. The third kappa shape index (κ3) is 3.34. The zero-order valence-electron chi connectivity index (χ0n) is 11.3. The maximum atomic E-state index is 5.61. The predicted octanol–water partition coefficient (Wildman–Crippen LogP) is 2.93. The number of nitrogens with one attached hydrogen (secondary N) is 1. The highest BCUT2D eigenvalue weighted by molar-refractivity contribution is 5.58. The Morgan fingerprint density at radius 2 is 1.84 bits per heavy atom. The van der Waals surface area contributed by atoms with Gasteiger partial charge in [0.2, 0.25) is 11.8 Å². The number of ether oxygens (including phenoxy) is 1. The van der Waals surface area contributed by atoms with Crippen LogP contribution >= 0.6 is 0 Å². The summed E-state index contributed by atoms with van der Waals surface area (Å²) >= 11 is 0. The lowest BCUT2D eigenvalue weighted by atomic mass is 10.0. The Morgan fingerprint density at radius 3 is 2.42 bits per heavy atom. The molecule has 0 radical (unpaired) electrons. The van der Waals surface area contributed by atoms with Gasteiger partial charge in [-0.2, -0.15) is 9.97 Å². The van der Waals surface area contributed by atoms with Crippen LogP contribution in [0.1, 0.15) is 25.3 Å². The molecule has 0 aliphatic rings. The van der Waals surface area contributed by atoms with Crippen LogP contribution in [0.3, 0.4) is 0 Å². The fraction of sp³-hybridized carbons (Fsp3) is 0.286. The van der Waals surface area contributed by atoms with E-state index in [0.717, 1.165) is 5.69 Å². The number of nitrogen functional groups attached to an aromatic ring is 1. The molecule has 3 N–H and O–H groups in total. The maximum Gasteiger partial charge on any atom is 0.225 e. The van der Waals surface area contributed by atoms with Crippen molar-refractivity contribution >= 4 is 17.5 Å². The number of nitrogens with zero attached hydrogens (tertiary/aromatic N) is 2. The van der Waals surface area contributed by atoms with Gasteiger partial charge in [0, 0.05) is 11.8 Å². The second-order valence-corrected chi connectivity index (χ2v) is 4.56. The lowest BCUT2D eigenvalue weighted by molar-refractivity contribution is 0.398. The summed E-state index contributed by atoms with van der Waals surface area (Å²) in [4.78, 5) is 8.05. The van der Waals surface area contributed by atoms with E-state index < -0.39 is 0 Å². The van der Waals surface area contributed by atoms with Crippen molar-refractivity contribution in [3.8, 4) is 5.88 Å². The fourth-order valence-electron chi connectivity index (χ4n) is 1.71. The van der Waals surface area contributed by atoms with Crippen LogP contribution in [0.4, 0.5) is 17.5 Å². The van der Waals surface area contributed by atoms with E-state index in [1.807, 2.05) is 12.1 Å². The highest BCUT2D eigenvalue weighted by Gasteiger charge is 2.04. The summed E-state index contributed by atoms with van der Waals surface area (Å²) in [5.74, 6) is 1.75. The Bertz CT molecular complexity index is 552. The van der Waals surface area contributed by atoms with Crippen LogP contribution in [0, 0.1) is 0 Å². The van der Waals surface area contributed by atoms with Gasteiger partial charge in [-0.25, -0.2) is 0 Å². The van der Waals surface area contributed by atoms with Crippen molar-refractivity contribution in [3.05, 3.63) is 35.9 Å². The number of hydrogen-bond donors (Lipinski definition) is 2. The van der Waals surface area contributed by atoms with E-state index >= 15 is 0 Å². The van der Waals surface area contributed by atoms with Gasteiger partial charge in [0.15, 0.2) is 0 Å². The van der Waals surface area contributed by atoms with Gasteiger partial charge < -0.3 is 15.8 Å². The van der Waals surface area contributed by atoms with Crippen LogP contribution in [0.15, 0.2) is 30.3 Å². The van der Waals surface area contributed by atoms with Crippen molar-refractivity contribution < 1.29 is 4.74 Å². The number of benzene rings is 1. The van der Waals surface area contributed by atoms with E-state index in [4.69, 9.17) is 10.5 Å². The molecular formula is C14H18N4O. The molecule has 2 aromatic rings. The van der Waals surface area contributed by atoms with Crippen LogP contribution in [0.25, 0.3) is 0 Å². The van der Waals surface area contributed by atoms with Crippen molar-refractivity contribution in [1.82, 2.24) is 9.97 Å². The van der Waals surface area contributed by atoms with Crippen molar-refractivity contribution in [3.63, 3.8) is 0 Å². The van der Waals surface area contributed by atoms with Gasteiger partial charge in [-0.15, -0.1) is 0 Å². The van der Waals surface area contributed by atoms with Crippen LogP contribution in [0.2, 0.25) is 0 Å². The monoisotopic (exact) mass is 258 g/mol. The number of hydrogen-bond acceptors (Lipinski definition) is 5. The minimum Gasteiger partial charge on any atom is -0.481 e. The molecule has 0 aliphatic heterocycles. The Kier molecular flexibility index (Phi) is 3.85. The third-order valence-corrected chi connectivity index (χ3v) is 2.78. The van der Waals surface area contributed by atoms with Crippen LogP contribution in [-0.2, 0) is 0 Å². The molecule has 0 bridgehead atoms. The van der Waals surface area contributed by atoms with E-state index in [9.17, 15) is 0 Å². The first kappa shape index (κ1) is 13.1. The van der Waals surface area contributed by atoms with Gasteiger partial charge in [0.05, 0.1) is 7.11 Å². The summed E-state index contributed by atoms with van der Waals surface area (Å²) in [5.41, 5.74) is 7.86. The molecule has 0 unspecified atom stereocenters. The van der Waals surface area contributed by atoms with E-state index in [-0.39, 0.29) is 5.95 Å². The number of rotatable bonds is 4. The van der Waals surface area contributed by atoms with Gasteiger partial charge in [0.1, 0.15) is 5.82 Å². The van der Waals surface area contributed by atoms with Crippen molar-refractivity contribution in [2.75, 3.05) is 18.2 Å². The third-order valence-electron chi connectivity index (χ3n) is 2.78. The first-order valence-electron chi connectivity index (χ1n) is 6.14. The topological polar surface area (TPSA) is 73.1 Å². The molecule has 0 amide bonds. The second-order valence-electron chi connectivity index (χ2n) is 4.56. The molecule has 5 nitrogen and oxygen atoms in total. The van der Waals surface area contributed by atoms with Gasteiger partial charge in [-0.1, -0.05) is 26.0 Å². The molecule has 0 fully saturated rings. The van der Waals surface area contributed by atoms with E-state index in [1.54, 1.807) is 13.2 Å². The van der Waals surface area contributed by atoms with Crippen molar-refractivity contribution in [2.24, 2.45) is 0 Å². The van der Waals surface area contributed by atoms with Gasteiger partial charge in [-0.05, 0) is 23.6 Å². The zero-order valence-corrected chi connectivity index (χ0v) is 11.3. The highest BCUT2D eigenvalue weighted by Crippen LogP contribution is 2.21. The maximum absolute atomic E-state index is 5.61. The van der Waals surface area contributed by atoms with Crippen molar-refractivity contribution in [2.45, 2.75) is 19.8 Å². The fourth-order valence-corrected chi connectivity index (χ4v) is 1.71. The SMILES string of the molecule is COc1cc(Nc2ccc(C(C)C)cc2)nc(N)n1. The van der Waals surface area contributed by atoms with E-state index in [2.05, 4.69) is 41.3 Å². The van der Waals surface area contributed by atoms with E-state index in [0.29, 0.717) is 17.6 Å².